The van der Waals surface area contributed by atoms with Crippen molar-refractivity contribution >= 4 is 5.95 Å². The van der Waals surface area contributed by atoms with E-state index in [1.807, 2.05) is 0 Å². The maximum absolute atomic E-state index is 5.43. The third-order valence-electron chi connectivity index (χ3n) is 3.07. The van der Waals surface area contributed by atoms with E-state index >= 15 is 0 Å². The highest BCUT2D eigenvalue weighted by Crippen LogP contribution is 2.10. The van der Waals surface area contributed by atoms with Gasteiger partial charge in [0, 0.05) is 6.42 Å². The van der Waals surface area contributed by atoms with Crippen molar-refractivity contribution in [2.75, 3.05) is 5.73 Å². The molecule has 1 aromatic rings. The fourth-order valence-corrected chi connectivity index (χ4v) is 2.02. The van der Waals surface area contributed by atoms with Crippen molar-refractivity contribution in [1.82, 2.24) is 15.2 Å². The summed E-state index contributed by atoms with van der Waals surface area (Å²) < 4.78 is 0. The number of hydrogen-bond acceptors (Lipinski definition) is 3. The number of unbranched alkanes of at least 4 members (excludes halogenated alkanes) is 8. The Morgan fingerprint density at radius 3 is 2.06 bits per heavy atom. The summed E-state index contributed by atoms with van der Waals surface area (Å²) in [6.07, 6.45) is 13.1. The van der Waals surface area contributed by atoms with E-state index in [9.17, 15) is 0 Å². The summed E-state index contributed by atoms with van der Waals surface area (Å²) in [5.74, 6) is 1.28. The Bertz CT molecular complexity index is 283. The predicted molar refractivity (Wildman–Crippen MR) is 71.7 cm³/mol. The molecule has 0 aromatic carbocycles. The third-order valence-corrected chi connectivity index (χ3v) is 3.07. The number of H-pyrrole nitrogens is 1. The Labute approximate surface area is 104 Å². The second-order valence-electron chi connectivity index (χ2n) is 4.72. The van der Waals surface area contributed by atoms with Crippen LogP contribution >= 0.6 is 0 Å². The Morgan fingerprint density at radius 2 is 1.53 bits per heavy atom. The second kappa shape index (κ2) is 9.02. The zero-order valence-corrected chi connectivity index (χ0v) is 11.0. The van der Waals surface area contributed by atoms with Crippen molar-refractivity contribution in [3.63, 3.8) is 0 Å². The highest BCUT2D eigenvalue weighted by Gasteiger charge is 1.98. The van der Waals surface area contributed by atoms with Gasteiger partial charge in [-0.25, -0.2) is 0 Å². The van der Waals surface area contributed by atoms with Gasteiger partial charge in [-0.05, 0) is 6.42 Å². The van der Waals surface area contributed by atoms with Crippen LogP contribution in [0.25, 0.3) is 0 Å². The van der Waals surface area contributed by atoms with Gasteiger partial charge in [-0.15, -0.1) is 5.10 Å². The monoisotopic (exact) mass is 238 g/mol. The molecule has 0 saturated carbocycles. The van der Waals surface area contributed by atoms with Crippen molar-refractivity contribution < 1.29 is 0 Å². The van der Waals surface area contributed by atoms with E-state index in [4.69, 9.17) is 5.73 Å². The van der Waals surface area contributed by atoms with Gasteiger partial charge in [-0.3, -0.25) is 5.10 Å². The van der Waals surface area contributed by atoms with Gasteiger partial charge in [0.25, 0.3) is 0 Å². The molecule has 0 saturated heterocycles. The lowest BCUT2D eigenvalue weighted by atomic mass is 10.1. The smallest absolute Gasteiger partial charge is 0.239 e. The fraction of sp³-hybridized carbons (Fsp3) is 0.846. The van der Waals surface area contributed by atoms with E-state index in [-0.39, 0.29) is 0 Å². The first-order valence-electron chi connectivity index (χ1n) is 6.99. The minimum Gasteiger partial charge on any atom is -0.367 e. The lowest BCUT2D eigenvalue weighted by molar-refractivity contribution is 0.562. The maximum atomic E-state index is 5.43. The molecule has 0 aliphatic carbocycles. The minimum absolute atomic E-state index is 0.357. The number of nitrogens with zero attached hydrogens (tertiary/aromatic N) is 2. The van der Waals surface area contributed by atoms with Gasteiger partial charge in [0.1, 0.15) is 5.82 Å². The Hall–Kier alpha value is -1.06. The minimum atomic E-state index is 0.357. The first-order valence-corrected chi connectivity index (χ1v) is 6.99. The quantitative estimate of drug-likeness (QED) is 0.613. The third kappa shape index (κ3) is 6.97. The number of hydrogen-bond donors (Lipinski definition) is 2. The highest BCUT2D eigenvalue weighted by atomic mass is 15.3. The van der Waals surface area contributed by atoms with E-state index in [1.165, 1.54) is 57.8 Å². The topological polar surface area (TPSA) is 67.6 Å². The molecule has 0 unspecified atom stereocenters. The van der Waals surface area contributed by atoms with Gasteiger partial charge >= 0.3 is 0 Å². The predicted octanol–water partition coefficient (Wildman–Crippen LogP) is 3.46. The molecule has 4 heteroatoms. The number of aromatic nitrogens is 3. The molecule has 98 valence electrons. The van der Waals surface area contributed by atoms with Crippen molar-refractivity contribution in [3.8, 4) is 0 Å². The normalized spacial score (nSPS) is 10.9. The summed E-state index contributed by atoms with van der Waals surface area (Å²) in [5, 5.41) is 6.66. The molecular formula is C13H26N4. The van der Waals surface area contributed by atoms with E-state index in [1.54, 1.807) is 0 Å². The van der Waals surface area contributed by atoms with Crippen LogP contribution in [-0.2, 0) is 6.42 Å². The van der Waals surface area contributed by atoms with Gasteiger partial charge in [0.2, 0.25) is 5.95 Å². The van der Waals surface area contributed by atoms with Crippen molar-refractivity contribution in [2.45, 2.75) is 71.1 Å². The van der Waals surface area contributed by atoms with Crippen LogP contribution in [0.3, 0.4) is 0 Å². The first kappa shape index (κ1) is 14.0. The molecule has 0 aliphatic rings. The Morgan fingerprint density at radius 1 is 0.941 bits per heavy atom. The van der Waals surface area contributed by atoms with Crippen LogP contribution in [0.4, 0.5) is 5.95 Å². The molecule has 4 nitrogen and oxygen atoms in total. The number of anilines is 1. The Balaban J connectivity index is 1.84. The summed E-state index contributed by atoms with van der Waals surface area (Å²) in [6.45, 7) is 2.26. The van der Waals surface area contributed by atoms with Gasteiger partial charge in [0.15, 0.2) is 0 Å². The molecule has 0 aliphatic heterocycles. The van der Waals surface area contributed by atoms with Crippen LogP contribution in [0.1, 0.15) is 70.5 Å². The van der Waals surface area contributed by atoms with Gasteiger partial charge in [-0.1, -0.05) is 58.3 Å². The van der Waals surface area contributed by atoms with Gasteiger partial charge in [0.05, 0.1) is 0 Å². The molecular weight excluding hydrogens is 212 g/mol. The highest BCUT2D eigenvalue weighted by molar-refractivity contribution is 5.12. The van der Waals surface area contributed by atoms with E-state index in [2.05, 4.69) is 22.1 Å². The number of aryl methyl sites for hydroxylation is 1. The number of nitrogens with one attached hydrogen (secondary N) is 1. The SMILES string of the molecule is CCCCCCCCCCCc1nc(N)n[nH]1. The zero-order valence-electron chi connectivity index (χ0n) is 11.0. The average Bonchev–Trinajstić information content (AvgIpc) is 2.73. The summed E-state index contributed by atoms with van der Waals surface area (Å²) in [5.41, 5.74) is 5.43. The standard InChI is InChI=1S/C13H26N4/c1-2-3-4-5-6-7-8-9-10-11-12-15-13(14)17-16-12/h2-11H2,1H3,(H3,14,15,16,17). The summed E-state index contributed by atoms with van der Waals surface area (Å²) in [6, 6.07) is 0. The van der Waals surface area contributed by atoms with E-state index < -0.39 is 0 Å². The molecule has 0 amide bonds. The molecule has 1 rings (SSSR count). The number of nitrogen functional groups attached to an aromatic ring is 1. The van der Waals surface area contributed by atoms with Crippen molar-refractivity contribution in [2.24, 2.45) is 0 Å². The lowest BCUT2D eigenvalue weighted by Crippen LogP contribution is -1.90. The largest absolute Gasteiger partial charge is 0.367 e. The second-order valence-corrected chi connectivity index (χ2v) is 4.72. The number of rotatable bonds is 10. The molecule has 1 heterocycles. The average molecular weight is 238 g/mol. The van der Waals surface area contributed by atoms with Gasteiger partial charge < -0.3 is 5.73 Å². The van der Waals surface area contributed by atoms with Crippen LogP contribution < -0.4 is 5.73 Å². The molecule has 0 bridgehead atoms. The van der Waals surface area contributed by atoms with Crippen LogP contribution in [-0.4, -0.2) is 15.2 Å². The van der Waals surface area contributed by atoms with Crippen LogP contribution in [0, 0.1) is 0 Å². The molecule has 1 aromatic heterocycles. The van der Waals surface area contributed by atoms with E-state index in [0.29, 0.717) is 5.95 Å². The lowest BCUT2D eigenvalue weighted by Gasteiger charge is -2.00. The molecule has 0 spiro atoms. The van der Waals surface area contributed by atoms with E-state index in [0.717, 1.165) is 12.2 Å². The molecule has 0 radical (unpaired) electrons. The van der Waals surface area contributed by atoms with Gasteiger partial charge in [-0.2, -0.15) is 4.98 Å². The summed E-state index contributed by atoms with van der Waals surface area (Å²) in [4.78, 5) is 4.09. The van der Waals surface area contributed by atoms with Crippen molar-refractivity contribution in [1.29, 1.82) is 0 Å². The van der Waals surface area contributed by atoms with Crippen LogP contribution in [0.2, 0.25) is 0 Å². The van der Waals surface area contributed by atoms with Crippen LogP contribution in [0.15, 0.2) is 0 Å². The summed E-state index contributed by atoms with van der Waals surface area (Å²) in [7, 11) is 0. The van der Waals surface area contributed by atoms with Crippen LogP contribution in [0.5, 0.6) is 0 Å². The zero-order chi connectivity index (χ0) is 12.3. The van der Waals surface area contributed by atoms with Crippen molar-refractivity contribution in [3.05, 3.63) is 5.82 Å². The first-order chi connectivity index (χ1) is 8.33. The molecule has 17 heavy (non-hydrogen) atoms. The maximum Gasteiger partial charge on any atom is 0.239 e. The summed E-state index contributed by atoms with van der Waals surface area (Å²) >= 11 is 0. The number of nitrogens with two attached hydrogens (primary N) is 1. The fourth-order valence-electron chi connectivity index (χ4n) is 2.02. The molecule has 0 fully saturated rings. The molecule has 3 N–H and O–H groups in total. The number of aromatic amines is 1. The Kier molecular flexibility index (Phi) is 7.43. The molecule has 0 atom stereocenters.